The summed E-state index contributed by atoms with van der Waals surface area (Å²) in [6.45, 7) is 9.15. The number of amides is 1. The van der Waals surface area contributed by atoms with Gasteiger partial charge in [0.05, 0.1) is 5.25 Å². The molecule has 21 heavy (non-hydrogen) atoms. The second kappa shape index (κ2) is 10.2. The number of rotatable bonds is 4. The van der Waals surface area contributed by atoms with E-state index in [1.54, 1.807) is 13.8 Å². The third-order valence-electron chi connectivity index (χ3n) is 3.56. The number of nitrogens with one attached hydrogen (secondary N) is 1. The summed E-state index contributed by atoms with van der Waals surface area (Å²) in [4.78, 5) is 13.6. The van der Waals surface area contributed by atoms with Crippen molar-refractivity contribution >= 4 is 15.7 Å². The van der Waals surface area contributed by atoms with Crippen LogP contribution in [0.25, 0.3) is 0 Å². The van der Waals surface area contributed by atoms with Gasteiger partial charge in [0, 0.05) is 24.8 Å². The van der Waals surface area contributed by atoms with Crippen LogP contribution in [0.3, 0.4) is 0 Å². The molecule has 6 heteroatoms. The molecule has 1 rings (SSSR count). The first kappa shape index (κ1) is 22.7. The van der Waals surface area contributed by atoms with Gasteiger partial charge in [0.25, 0.3) is 0 Å². The summed E-state index contributed by atoms with van der Waals surface area (Å²) in [6, 6.07) is 0.558. The molecule has 0 saturated carbocycles. The van der Waals surface area contributed by atoms with Crippen molar-refractivity contribution in [2.24, 2.45) is 5.92 Å². The van der Waals surface area contributed by atoms with E-state index < -0.39 is 9.84 Å². The molecule has 0 radical (unpaired) electrons. The van der Waals surface area contributed by atoms with Crippen LogP contribution in [0, 0.1) is 5.92 Å². The molecule has 1 fully saturated rings. The fourth-order valence-electron chi connectivity index (χ4n) is 1.66. The number of sulfone groups is 1. The normalized spacial score (nSPS) is 19.0. The van der Waals surface area contributed by atoms with Crippen molar-refractivity contribution in [3.8, 4) is 0 Å². The summed E-state index contributed by atoms with van der Waals surface area (Å²) in [5.41, 5.74) is 0. The molecule has 1 aliphatic rings. The number of carbonyl (C=O) groups excluding carboxylic acids is 1. The molecular weight excluding hydrogens is 288 g/mol. The van der Waals surface area contributed by atoms with Crippen molar-refractivity contribution in [2.45, 2.75) is 59.3 Å². The van der Waals surface area contributed by atoms with Crippen molar-refractivity contribution in [1.29, 1.82) is 0 Å². The van der Waals surface area contributed by atoms with Gasteiger partial charge in [-0.25, -0.2) is 8.42 Å². The fraction of sp³-hybridized carbons (Fsp3) is 0.933. The van der Waals surface area contributed by atoms with Gasteiger partial charge in [0.1, 0.15) is 9.84 Å². The molecule has 1 heterocycles. The van der Waals surface area contributed by atoms with Crippen LogP contribution in [0.15, 0.2) is 0 Å². The second-order valence-corrected chi connectivity index (χ2v) is 8.66. The lowest BCUT2D eigenvalue weighted by molar-refractivity contribution is -0.124. The zero-order valence-corrected chi connectivity index (χ0v) is 14.5. The Labute approximate surface area is 131 Å². The number of likely N-dealkylation sites (tertiary alicyclic amines) is 1. The smallest absolute Gasteiger partial charge is 0.222 e. The summed E-state index contributed by atoms with van der Waals surface area (Å²) in [7, 11) is -0.617. The van der Waals surface area contributed by atoms with E-state index in [2.05, 4.69) is 17.3 Å². The fourth-order valence-corrected chi connectivity index (χ4v) is 1.66. The van der Waals surface area contributed by atoms with Crippen LogP contribution in [0.4, 0.5) is 0 Å². The number of carbonyl (C=O) groups is 1. The molecule has 128 valence electrons. The monoisotopic (exact) mass is 322 g/mol. The van der Waals surface area contributed by atoms with E-state index >= 15 is 0 Å². The maximum absolute atomic E-state index is 11.3. The van der Waals surface area contributed by atoms with Crippen LogP contribution in [0.2, 0.25) is 0 Å². The average molecular weight is 323 g/mol. The number of likely N-dealkylation sites (N-methyl/N-ethyl adjacent to an activating group) is 1. The van der Waals surface area contributed by atoms with Gasteiger partial charge in [0.15, 0.2) is 0 Å². The van der Waals surface area contributed by atoms with Crippen molar-refractivity contribution in [2.75, 3.05) is 26.4 Å². The quantitative estimate of drug-likeness (QED) is 0.859. The summed E-state index contributed by atoms with van der Waals surface area (Å²) < 4.78 is 20.7. The van der Waals surface area contributed by atoms with Crippen LogP contribution >= 0.6 is 0 Å². The van der Waals surface area contributed by atoms with Gasteiger partial charge in [-0.3, -0.25) is 4.79 Å². The minimum atomic E-state index is -2.74. The first-order chi connectivity index (χ1) is 9.05. The average Bonchev–Trinajstić information content (AvgIpc) is 2.71. The van der Waals surface area contributed by atoms with Crippen LogP contribution in [0.1, 0.15) is 48.0 Å². The Balaban J connectivity index is 0. The molecule has 0 aromatic carbocycles. The summed E-state index contributed by atoms with van der Waals surface area (Å²) in [6.07, 6.45) is 3.71. The lowest BCUT2D eigenvalue weighted by atomic mass is 10.2. The molecule has 1 N–H and O–H groups in total. The van der Waals surface area contributed by atoms with E-state index in [-0.39, 0.29) is 24.5 Å². The predicted octanol–water partition coefficient (Wildman–Crippen LogP) is 1.93. The molecule has 0 aliphatic carbocycles. The molecule has 1 atom stereocenters. The van der Waals surface area contributed by atoms with E-state index in [4.69, 9.17) is 0 Å². The van der Waals surface area contributed by atoms with Crippen LogP contribution in [0.5, 0.6) is 0 Å². The zero-order valence-electron chi connectivity index (χ0n) is 13.6. The van der Waals surface area contributed by atoms with E-state index in [9.17, 15) is 13.2 Å². The standard InChI is InChI=1S/C10H20N2O.C4H10O2S.CH4/c1-8(2)10(13)11-7-9-5-4-6-12(9)3;1-4(2)7(3,5)6;/h8-9H,4-7H2,1-3H3,(H,11,13);4H,1-3H3;1H4. The first-order valence-corrected chi connectivity index (χ1v) is 9.18. The highest BCUT2D eigenvalue weighted by atomic mass is 32.2. The maximum atomic E-state index is 11.3. The number of hydrogen-bond acceptors (Lipinski definition) is 4. The Kier molecular flexibility index (Phi) is 11.0. The Bertz CT molecular complexity index is 392. The van der Waals surface area contributed by atoms with Gasteiger partial charge < -0.3 is 10.2 Å². The van der Waals surface area contributed by atoms with E-state index in [1.165, 1.54) is 25.6 Å². The Hall–Kier alpha value is -0.620. The van der Waals surface area contributed by atoms with E-state index in [0.717, 1.165) is 6.54 Å². The maximum Gasteiger partial charge on any atom is 0.222 e. The first-order valence-electron chi connectivity index (χ1n) is 7.22. The number of nitrogens with zero attached hydrogens (tertiary/aromatic N) is 1. The van der Waals surface area contributed by atoms with E-state index in [0.29, 0.717) is 6.04 Å². The minimum Gasteiger partial charge on any atom is -0.354 e. The molecule has 5 nitrogen and oxygen atoms in total. The third kappa shape index (κ3) is 9.85. The number of hydrogen-bond donors (Lipinski definition) is 1. The Morgan fingerprint density at radius 2 is 1.76 bits per heavy atom. The SMILES string of the molecule is C.CC(C)C(=O)NCC1CCCN1C.CC(C)S(C)(=O)=O. The molecule has 1 aliphatic heterocycles. The minimum absolute atomic E-state index is 0. The van der Waals surface area contributed by atoms with E-state index in [1.807, 2.05) is 13.8 Å². The second-order valence-electron chi connectivity index (χ2n) is 6.05. The van der Waals surface area contributed by atoms with Gasteiger partial charge >= 0.3 is 0 Å². The van der Waals surface area contributed by atoms with Crippen molar-refractivity contribution in [1.82, 2.24) is 10.2 Å². The lowest BCUT2D eigenvalue weighted by Crippen LogP contribution is -2.39. The molecule has 0 aromatic heterocycles. The summed E-state index contributed by atoms with van der Waals surface area (Å²) in [5, 5.41) is 2.74. The molecule has 1 saturated heterocycles. The van der Waals surface area contributed by atoms with Gasteiger partial charge in [-0.05, 0) is 40.3 Å². The molecule has 1 amide bonds. The molecule has 0 spiro atoms. The molecule has 0 bridgehead atoms. The largest absolute Gasteiger partial charge is 0.354 e. The Morgan fingerprint density at radius 3 is 2.05 bits per heavy atom. The van der Waals surface area contributed by atoms with Crippen molar-refractivity contribution in [3.05, 3.63) is 0 Å². The van der Waals surface area contributed by atoms with Crippen molar-refractivity contribution < 1.29 is 13.2 Å². The highest BCUT2D eigenvalue weighted by Crippen LogP contribution is 2.13. The summed E-state index contributed by atoms with van der Waals surface area (Å²) >= 11 is 0. The van der Waals surface area contributed by atoms with Gasteiger partial charge in [-0.2, -0.15) is 0 Å². The zero-order chi connectivity index (χ0) is 15.9. The van der Waals surface area contributed by atoms with Gasteiger partial charge in [-0.15, -0.1) is 0 Å². The van der Waals surface area contributed by atoms with Crippen LogP contribution < -0.4 is 5.32 Å². The lowest BCUT2D eigenvalue weighted by Gasteiger charge is -2.20. The Morgan fingerprint density at radius 1 is 1.29 bits per heavy atom. The van der Waals surface area contributed by atoms with Gasteiger partial charge in [0.2, 0.25) is 5.91 Å². The highest BCUT2D eigenvalue weighted by molar-refractivity contribution is 7.91. The summed E-state index contributed by atoms with van der Waals surface area (Å²) in [5.74, 6) is 0.270. The molecule has 0 aromatic rings. The highest BCUT2D eigenvalue weighted by Gasteiger charge is 2.21. The topological polar surface area (TPSA) is 66.5 Å². The van der Waals surface area contributed by atoms with Crippen LogP contribution in [-0.4, -0.2) is 56.9 Å². The third-order valence-corrected chi connectivity index (χ3v) is 5.28. The van der Waals surface area contributed by atoms with Gasteiger partial charge in [-0.1, -0.05) is 21.3 Å². The molecular formula is C15H34N2O3S. The van der Waals surface area contributed by atoms with Crippen LogP contribution in [-0.2, 0) is 14.6 Å². The van der Waals surface area contributed by atoms with Crippen molar-refractivity contribution in [3.63, 3.8) is 0 Å². The molecule has 1 unspecified atom stereocenters. The predicted molar refractivity (Wildman–Crippen MR) is 90.2 cm³/mol.